The number of carbonyl (C=O) groups is 2. The summed E-state index contributed by atoms with van der Waals surface area (Å²) in [5.41, 5.74) is 3.85. The summed E-state index contributed by atoms with van der Waals surface area (Å²) < 4.78 is 0. The zero-order valence-corrected chi connectivity index (χ0v) is 16.7. The minimum atomic E-state index is -0.312. The number of hydrogen-bond acceptors (Lipinski definition) is 2. The molecule has 4 aromatic rings. The van der Waals surface area contributed by atoms with Crippen molar-refractivity contribution in [3.05, 3.63) is 72.3 Å². The standard InChI is InChI=1S/C22H18BrN3O2/c1-13(23)21(27)24-15-6-4-5-14(11-15)22(28)25-16-9-10-20-18(12-16)17-7-2-3-8-19(17)26-20/h2-13,26H,1H3,(H,24,27)(H,25,28). The van der Waals surface area contributed by atoms with E-state index in [2.05, 4.69) is 37.6 Å². The highest BCUT2D eigenvalue weighted by Crippen LogP contribution is 2.28. The molecule has 0 aliphatic carbocycles. The molecule has 1 unspecified atom stereocenters. The van der Waals surface area contributed by atoms with Crippen molar-refractivity contribution < 1.29 is 9.59 Å². The molecule has 1 atom stereocenters. The maximum atomic E-state index is 12.7. The first kappa shape index (κ1) is 18.3. The van der Waals surface area contributed by atoms with Crippen molar-refractivity contribution in [1.82, 2.24) is 4.98 Å². The van der Waals surface area contributed by atoms with Crippen molar-refractivity contribution in [2.45, 2.75) is 11.8 Å². The van der Waals surface area contributed by atoms with Crippen LogP contribution in [-0.4, -0.2) is 21.6 Å². The van der Waals surface area contributed by atoms with E-state index in [1.165, 1.54) is 0 Å². The molecule has 0 radical (unpaired) electrons. The maximum absolute atomic E-state index is 12.7. The number of aromatic amines is 1. The van der Waals surface area contributed by atoms with Gasteiger partial charge in [-0.1, -0.05) is 40.2 Å². The topological polar surface area (TPSA) is 74.0 Å². The molecule has 0 saturated heterocycles. The lowest BCUT2D eigenvalue weighted by molar-refractivity contribution is -0.115. The van der Waals surface area contributed by atoms with Gasteiger partial charge in [0.15, 0.2) is 0 Å². The van der Waals surface area contributed by atoms with Gasteiger partial charge in [-0.2, -0.15) is 0 Å². The number of rotatable bonds is 4. The number of halogens is 1. The molecule has 28 heavy (non-hydrogen) atoms. The average Bonchev–Trinajstić information content (AvgIpc) is 3.06. The van der Waals surface area contributed by atoms with Crippen LogP contribution in [0.25, 0.3) is 21.8 Å². The van der Waals surface area contributed by atoms with E-state index in [9.17, 15) is 9.59 Å². The Hall–Kier alpha value is -3.12. The van der Waals surface area contributed by atoms with Crippen molar-refractivity contribution in [2.24, 2.45) is 0 Å². The fourth-order valence-electron chi connectivity index (χ4n) is 3.11. The van der Waals surface area contributed by atoms with Crippen molar-refractivity contribution in [3.8, 4) is 0 Å². The van der Waals surface area contributed by atoms with Crippen molar-refractivity contribution in [1.29, 1.82) is 0 Å². The van der Waals surface area contributed by atoms with E-state index in [1.807, 2.05) is 36.4 Å². The first-order valence-electron chi connectivity index (χ1n) is 8.88. The van der Waals surface area contributed by atoms with Gasteiger partial charge in [-0.05, 0) is 49.4 Å². The van der Waals surface area contributed by atoms with E-state index in [-0.39, 0.29) is 16.6 Å². The Morgan fingerprint density at radius 3 is 2.43 bits per heavy atom. The third-order valence-electron chi connectivity index (χ3n) is 4.52. The Balaban J connectivity index is 1.58. The van der Waals surface area contributed by atoms with Gasteiger partial charge in [0.25, 0.3) is 5.91 Å². The van der Waals surface area contributed by atoms with E-state index < -0.39 is 0 Å². The summed E-state index contributed by atoms with van der Waals surface area (Å²) in [5, 5.41) is 7.87. The van der Waals surface area contributed by atoms with E-state index in [0.29, 0.717) is 16.9 Å². The number of benzene rings is 3. The highest BCUT2D eigenvalue weighted by molar-refractivity contribution is 9.10. The summed E-state index contributed by atoms with van der Waals surface area (Å²) >= 11 is 3.23. The number of H-pyrrole nitrogens is 1. The van der Waals surface area contributed by atoms with Crippen molar-refractivity contribution >= 4 is 60.9 Å². The molecule has 6 heteroatoms. The molecule has 0 saturated carbocycles. The second-order valence-electron chi connectivity index (χ2n) is 6.57. The fraction of sp³-hybridized carbons (Fsp3) is 0.0909. The molecule has 0 aliphatic rings. The van der Waals surface area contributed by atoms with Gasteiger partial charge in [-0.3, -0.25) is 9.59 Å². The monoisotopic (exact) mass is 435 g/mol. The van der Waals surface area contributed by atoms with Gasteiger partial charge < -0.3 is 15.6 Å². The van der Waals surface area contributed by atoms with Crippen LogP contribution in [0.15, 0.2) is 66.7 Å². The van der Waals surface area contributed by atoms with E-state index in [4.69, 9.17) is 0 Å². The SMILES string of the molecule is CC(Br)C(=O)Nc1cccc(C(=O)Nc2ccc3[nH]c4ccccc4c3c2)c1. The zero-order valence-electron chi connectivity index (χ0n) is 15.1. The summed E-state index contributed by atoms with van der Waals surface area (Å²) in [6, 6.07) is 20.7. The van der Waals surface area contributed by atoms with Gasteiger partial charge in [0.2, 0.25) is 5.91 Å². The minimum absolute atomic E-state index is 0.164. The molecular formula is C22H18BrN3O2. The number of fused-ring (bicyclic) bond motifs is 3. The van der Waals surface area contributed by atoms with Crippen LogP contribution in [0.4, 0.5) is 11.4 Å². The van der Waals surface area contributed by atoms with Gasteiger partial charge in [0, 0.05) is 38.7 Å². The van der Waals surface area contributed by atoms with Gasteiger partial charge >= 0.3 is 0 Å². The lowest BCUT2D eigenvalue weighted by Gasteiger charge is -2.09. The van der Waals surface area contributed by atoms with Crippen LogP contribution in [0.3, 0.4) is 0 Å². The quantitative estimate of drug-likeness (QED) is 0.380. The molecule has 140 valence electrons. The summed E-state index contributed by atoms with van der Waals surface area (Å²) in [7, 11) is 0. The molecule has 3 aromatic carbocycles. The Morgan fingerprint density at radius 2 is 1.61 bits per heavy atom. The van der Waals surface area contributed by atoms with E-state index >= 15 is 0 Å². The normalized spacial score (nSPS) is 12.1. The number of para-hydroxylation sites is 1. The first-order chi connectivity index (χ1) is 13.5. The number of anilines is 2. The number of amides is 2. The Kier molecular flexibility index (Phi) is 4.88. The number of nitrogens with one attached hydrogen (secondary N) is 3. The van der Waals surface area contributed by atoms with Gasteiger partial charge in [-0.25, -0.2) is 0 Å². The second kappa shape index (κ2) is 7.48. The minimum Gasteiger partial charge on any atom is -0.355 e. The van der Waals surface area contributed by atoms with Crippen LogP contribution in [-0.2, 0) is 4.79 Å². The molecule has 4 rings (SSSR count). The first-order valence-corrected chi connectivity index (χ1v) is 9.79. The predicted molar refractivity (Wildman–Crippen MR) is 117 cm³/mol. The third kappa shape index (κ3) is 3.64. The van der Waals surface area contributed by atoms with E-state index in [1.54, 1.807) is 31.2 Å². The van der Waals surface area contributed by atoms with Crippen LogP contribution in [0.2, 0.25) is 0 Å². The second-order valence-corrected chi connectivity index (χ2v) is 7.94. The fourth-order valence-corrected chi connectivity index (χ4v) is 3.22. The molecule has 0 aliphatic heterocycles. The number of alkyl halides is 1. The van der Waals surface area contributed by atoms with Gasteiger partial charge in [-0.15, -0.1) is 0 Å². The molecule has 5 nitrogen and oxygen atoms in total. The largest absolute Gasteiger partial charge is 0.355 e. The number of aromatic nitrogens is 1. The molecular weight excluding hydrogens is 418 g/mol. The Bertz CT molecular complexity index is 1200. The third-order valence-corrected chi connectivity index (χ3v) is 4.93. The number of hydrogen-bond donors (Lipinski definition) is 3. The Labute approximate surface area is 170 Å². The zero-order chi connectivity index (χ0) is 19.7. The summed E-state index contributed by atoms with van der Waals surface area (Å²) in [4.78, 5) is 27.6. The summed E-state index contributed by atoms with van der Waals surface area (Å²) in [6.45, 7) is 1.74. The predicted octanol–water partition coefficient (Wildman–Crippen LogP) is 5.30. The molecule has 0 bridgehead atoms. The van der Waals surface area contributed by atoms with Gasteiger partial charge in [0.1, 0.15) is 0 Å². The highest BCUT2D eigenvalue weighted by Gasteiger charge is 2.12. The lowest BCUT2D eigenvalue weighted by Crippen LogP contribution is -2.20. The highest BCUT2D eigenvalue weighted by atomic mass is 79.9. The smallest absolute Gasteiger partial charge is 0.255 e. The van der Waals surface area contributed by atoms with Crippen LogP contribution in [0.1, 0.15) is 17.3 Å². The Morgan fingerprint density at radius 1 is 0.857 bits per heavy atom. The van der Waals surface area contributed by atoms with Crippen LogP contribution in [0, 0.1) is 0 Å². The summed E-state index contributed by atoms with van der Waals surface area (Å²) in [6.07, 6.45) is 0. The van der Waals surface area contributed by atoms with Crippen LogP contribution in [0.5, 0.6) is 0 Å². The summed E-state index contributed by atoms with van der Waals surface area (Å²) in [5.74, 6) is -0.399. The van der Waals surface area contributed by atoms with Crippen LogP contribution < -0.4 is 10.6 Å². The average molecular weight is 436 g/mol. The molecule has 0 fully saturated rings. The van der Waals surface area contributed by atoms with E-state index in [0.717, 1.165) is 21.8 Å². The molecule has 1 heterocycles. The molecule has 1 aromatic heterocycles. The lowest BCUT2D eigenvalue weighted by atomic mass is 10.1. The van der Waals surface area contributed by atoms with Gasteiger partial charge in [0.05, 0.1) is 4.83 Å². The molecule has 2 amide bonds. The molecule has 3 N–H and O–H groups in total. The van der Waals surface area contributed by atoms with Crippen molar-refractivity contribution in [3.63, 3.8) is 0 Å². The number of carbonyl (C=O) groups excluding carboxylic acids is 2. The van der Waals surface area contributed by atoms with Crippen LogP contribution >= 0.6 is 15.9 Å². The molecule has 0 spiro atoms. The maximum Gasteiger partial charge on any atom is 0.255 e. The van der Waals surface area contributed by atoms with Crippen molar-refractivity contribution in [2.75, 3.05) is 10.6 Å².